The number of hydrogen-bond acceptors (Lipinski definition) is 3. The van der Waals surface area contributed by atoms with Gasteiger partial charge in [-0.05, 0) is 43.4 Å². The van der Waals surface area contributed by atoms with E-state index < -0.39 is 29.7 Å². The van der Waals surface area contributed by atoms with E-state index >= 15 is 0 Å². The van der Waals surface area contributed by atoms with Crippen LogP contribution in [0, 0.1) is 17.8 Å². The fraction of sp³-hybridized carbons (Fsp3) is 0.346. The molecule has 0 aliphatic carbocycles. The highest BCUT2D eigenvalue weighted by Crippen LogP contribution is 2.26. The first-order chi connectivity index (χ1) is 15.8. The molecule has 2 atom stereocenters. The number of hydrogen-bond donors (Lipinski definition) is 3. The van der Waals surface area contributed by atoms with Crippen molar-refractivity contribution < 1.29 is 19.5 Å². The minimum atomic E-state index is -1.04. The number of carbonyl (C=O) groups is 3. The number of para-hydroxylation sites is 1. The summed E-state index contributed by atoms with van der Waals surface area (Å²) in [5.41, 5.74) is 4.10. The molecule has 2 aromatic carbocycles. The van der Waals surface area contributed by atoms with Crippen molar-refractivity contribution in [1.82, 2.24) is 10.7 Å². The average molecular weight is 452 g/mol. The highest BCUT2D eigenvalue weighted by molar-refractivity contribution is 5.96. The first-order valence-corrected chi connectivity index (χ1v) is 11.2. The van der Waals surface area contributed by atoms with Crippen LogP contribution in [0.3, 0.4) is 0 Å². The van der Waals surface area contributed by atoms with Gasteiger partial charge in [-0.2, -0.15) is 0 Å². The van der Waals surface area contributed by atoms with Gasteiger partial charge in [0.25, 0.3) is 0 Å². The van der Waals surface area contributed by atoms with Crippen LogP contribution in [0.4, 0.5) is 10.5 Å². The molecule has 0 saturated heterocycles. The lowest BCUT2D eigenvalue weighted by molar-refractivity contribution is -0.147. The van der Waals surface area contributed by atoms with E-state index in [-0.39, 0.29) is 12.3 Å². The zero-order valence-corrected chi connectivity index (χ0v) is 19.4. The van der Waals surface area contributed by atoms with Crippen LogP contribution in [0.5, 0.6) is 0 Å². The van der Waals surface area contributed by atoms with Gasteiger partial charge in [0, 0.05) is 6.54 Å². The Hall–Kier alpha value is -3.61. The van der Waals surface area contributed by atoms with E-state index in [1.54, 1.807) is 37.3 Å². The van der Waals surface area contributed by atoms with Gasteiger partial charge < -0.3 is 10.4 Å². The van der Waals surface area contributed by atoms with Gasteiger partial charge in [-0.25, -0.2) is 9.80 Å². The van der Waals surface area contributed by atoms with Crippen LogP contribution in [-0.4, -0.2) is 29.6 Å². The molecule has 0 unspecified atom stereocenters. The number of benzene rings is 2. The average Bonchev–Trinajstić information content (AvgIpc) is 2.80. The van der Waals surface area contributed by atoms with Gasteiger partial charge in [-0.3, -0.25) is 15.0 Å². The maximum atomic E-state index is 13.3. The predicted molar refractivity (Wildman–Crippen MR) is 130 cm³/mol. The molecule has 0 bridgehead atoms. The Labute approximate surface area is 195 Å². The van der Waals surface area contributed by atoms with Crippen LogP contribution in [-0.2, 0) is 9.59 Å². The molecule has 0 saturated carbocycles. The number of carbonyl (C=O) groups excluding carboxylic acids is 2. The van der Waals surface area contributed by atoms with E-state index in [1.807, 2.05) is 56.3 Å². The van der Waals surface area contributed by atoms with Crippen molar-refractivity contribution in [2.45, 2.75) is 33.6 Å². The molecule has 7 heteroatoms. The third-order valence-corrected chi connectivity index (χ3v) is 5.13. The summed E-state index contributed by atoms with van der Waals surface area (Å²) in [5, 5.41) is 13.8. The van der Waals surface area contributed by atoms with Gasteiger partial charge in [0.15, 0.2) is 0 Å². The van der Waals surface area contributed by atoms with Gasteiger partial charge in [0.2, 0.25) is 5.91 Å². The first kappa shape index (κ1) is 25.6. The number of nitrogens with zero attached hydrogens (tertiary/aromatic N) is 1. The van der Waals surface area contributed by atoms with E-state index in [9.17, 15) is 19.5 Å². The van der Waals surface area contributed by atoms with Crippen molar-refractivity contribution in [3.8, 4) is 0 Å². The zero-order chi connectivity index (χ0) is 24.2. The minimum Gasteiger partial charge on any atom is -0.481 e. The Balaban J connectivity index is 2.26. The standard InChI is InChI=1S/C26H33N3O4/c1-4-27-26(33)29(21-15-9-6-10-16-21)28-24(30)23(18-19(2)3)22(25(31)32)17-11-14-20-12-7-5-8-13-20/h5-16,19,22-23H,4,17-18H2,1-3H3,(H,27,33)(H,28,30)(H,31,32)/b14-11+/t22-,23+/m0/s1. The maximum Gasteiger partial charge on any atom is 0.340 e. The second-order valence-corrected chi connectivity index (χ2v) is 8.21. The predicted octanol–water partition coefficient (Wildman–Crippen LogP) is 4.72. The molecule has 7 nitrogen and oxygen atoms in total. The number of hydrazine groups is 1. The summed E-state index contributed by atoms with van der Waals surface area (Å²) in [7, 11) is 0. The summed E-state index contributed by atoms with van der Waals surface area (Å²) in [4.78, 5) is 38.1. The lowest BCUT2D eigenvalue weighted by atomic mass is 9.82. The van der Waals surface area contributed by atoms with Crippen molar-refractivity contribution in [3.05, 3.63) is 72.3 Å². The monoisotopic (exact) mass is 451 g/mol. The van der Waals surface area contributed by atoms with E-state index in [4.69, 9.17) is 0 Å². The number of carboxylic acids is 1. The largest absolute Gasteiger partial charge is 0.481 e. The van der Waals surface area contributed by atoms with Gasteiger partial charge in [-0.15, -0.1) is 0 Å². The second kappa shape index (κ2) is 13.1. The minimum absolute atomic E-state index is 0.0929. The molecule has 0 aliphatic heterocycles. The third-order valence-electron chi connectivity index (χ3n) is 5.13. The smallest absolute Gasteiger partial charge is 0.340 e. The molecule has 2 aromatic rings. The number of carboxylic acid groups (broad SMARTS) is 1. The lowest BCUT2D eigenvalue weighted by Crippen LogP contribution is -2.54. The SMILES string of the molecule is CCNC(=O)N(NC(=O)[C@H](CC(C)C)[C@H](C/C=C/c1ccccc1)C(=O)O)c1ccccc1. The number of urea groups is 1. The quantitative estimate of drug-likeness (QED) is 0.455. The second-order valence-electron chi connectivity index (χ2n) is 8.21. The van der Waals surface area contributed by atoms with Crippen LogP contribution in [0.25, 0.3) is 6.08 Å². The van der Waals surface area contributed by atoms with Crippen molar-refractivity contribution in [3.63, 3.8) is 0 Å². The van der Waals surface area contributed by atoms with Crippen LogP contribution < -0.4 is 15.8 Å². The zero-order valence-electron chi connectivity index (χ0n) is 19.4. The summed E-state index contributed by atoms with van der Waals surface area (Å²) in [6.07, 6.45) is 4.21. The number of aliphatic carboxylic acids is 1. The lowest BCUT2D eigenvalue weighted by Gasteiger charge is -2.29. The third kappa shape index (κ3) is 8.11. The topological polar surface area (TPSA) is 98.7 Å². The molecule has 0 heterocycles. The van der Waals surface area contributed by atoms with E-state index in [0.29, 0.717) is 18.7 Å². The van der Waals surface area contributed by atoms with Gasteiger partial charge in [0.05, 0.1) is 17.5 Å². The Bertz CT molecular complexity index is 929. The summed E-state index contributed by atoms with van der Waals surface area (Å²) >= 11 is 0. The molecule has 0 radical (unpaired) electrons. The van der Waals surface area contributed by atoms with Crippen LogP contribution >= 0.6 is 0 Å². The summed E-state index contributed by atoms with van der Waals surface area (Å²) in [6, 6.07) is 17.8. The van der Waals surface area contributed by atoms with E-state index in [1.165, 1.54) is 0 Å². The summed E-state index contributed by atoms with van der Waals surface area (Å²) in [6.45, 7) is 6.05. The number of rotatable bonds is 10. The number of amides is 3. The normalized spacial score (nSPS) is 12.8. The molecule has 3 amide bonds. The van der Waals surface area contributed by atoms with Gasteiger partial charge in [-0.1, -0.05) is 74.5 Å². The Morgan fingerprint density at radius 1 is 0.970 bits per heavy atom. The maximum absolute atomic E-state index is 13.3. The number of anilines is 1. The Kier molecular flexibility index (Phi) is 10.1. The Morgan fingerprint density at radius 2 is 1.58 bits per heavy atom. The van der Waals surface area contributed by atoms with E-state index in [0.717, 1.165) is 10.6 Å². The molecule has 0 spiro atoms. The van der Waals surface area contributed by atoms with Gasteiger partial charge in [0.1, 0.15) is 0 Å². The molecule has 0 aromatic heterocycles. The van der Waals surface area contributed by atoms with Crippen LogP contribution in [0.1, 0.15) is 39.2 Å². The summed E-state index contributed by atoms with van der Waals surface area (Å²) < 4.78 is 0. The van der Waals surface area contributed by atoms with Gasteiger partial charge >= 0.3 is 12.0 Å². The van der Waals surface area contributed by atoms with Crippen molar-refractivity contribution in [2.24, 2.45) is 17.8 Å². The molecule has 33 heavy (non-hydrogen) atoms. The fourth-order valence-electron chi connectivity index (χ4n) is 3.55. The molecule has 0 aliphatic rings. The molecule has 0 fully saturated rings. The van der Waals surface area contributed by atoms with Crippen molar-refractivity contribution >= 4 is 29.7 Å². The van der Waals surface area contributed by atoms with Crippen LogP contribution in [0.2, 0.25) is 0 Å². The molecular formula is C26H33N3O4. The molecule has 2 rings (SSSR count). The number of allylic oxidation sites excluding steroid dienone is 1. The highest BCUT2D eigenvalue weighted by Gasteiger charge is 2.35. The van der Waals surface area contributed by atoms with E-state index in [2.05, 4.69) is 10.7 Å². The molecule has 176 valence electrons. The summed E-state index contributed by atoms with van der Waals surface area (Å²) in [5.74, 6) is -3.20. The van der Waals surface area contributed by atoms with Crippen LogP contribution in [0.15, 0.2) is 66.7 Å². The van der Waals surface area contributed by atoms with Crippen molar-refractivity contribution in [1.29, 1.82) is 0 Å². The molecule has 3 N–H and O–H groups in total. The number of nitrogens with one attached hydrogen (secondary N) is 2. The van der Waals surface area contributed by atoms with Crippen molar-refractivity contribution in [2.75, 3.05) is 11.6 Å². The Morgan fingerprint density at radius 3 is 2.12 bits per heavy atom. The first-order valence-electron chi connectivity index (χ1n) is 11.2. The molecular weight excluding hydrogens is 418 g/mol. The highest BCUT2D eigenvalue weighted by atomic mass is 16.4. The fourth-order valence-corrected chi connectivity index (χ4v) is 3.55.